The maximum atomic E-state index is 3.98. The topological polar surface area (TPSA) is 37.8 Å². The number of nitrogens with zero attached hydrogens (tertiary/aromatic N) is 2. The minimum atomic E-state index is 0.353. The van der Waals surface area contributed by atoms with Gasteiger partial charge in [-0.05, 0) is 13.0 Å². The van der Waals surface area contributed by atoms with Gasteiger partial charge in [0.1, 0.15) is 6.33 Å². The van der Waals surface area contributed by atoms with Crippen molar-refractivity contribution in [3.05, 3.63) is 24.3 Å². The largest absolute Gasteiger partial charge is 0.313 e. The number of nitrogens with one attached hydrogen (secondary N) is 1. The molecule has 1 aromatic heterocycles. The Balaban J connectivity index is 2.80. The van der Waals surface area contributed by atoms with Gasteiger partial charge in [-0.15, -0.1) is 0 Å². The van der Waals surface area contributed by atoms with Crippen molar-refractivity contribution in [1.29, 1.82) is 0 Å². The molecule has 0 radical (unpaired) electrons. The molecule has 0 aliphatic carbocycles. The molecule has 0 fully saturated rings. The highest BCUT2D eigenvalue weighted by Gasteiger charge is 2.12. The summed E-state index contributed by atoms with van der Waals surface area (Å²) >= 11 is 0. The number of hydrogen-bond acceptors (Lipinski definition) is 3. The molecule has 1 rings (SSSR count). The first kappa shape index (κ1) is 9.13. The third-order valence-electron chi connectivity index (χ3n) is 1.92. The summed E-state index contributed by atoms with van der Waals surface area (Å²) in [6.45, 7) is 4.35. The zero-order valence-electron chi connectivity index (χ0n) is 7.78. The second-order valence-corrected chi connectivity index (χ2v) is 3.18. The first-order valence-corrected chi connectivity index (χ1v) is 4.18. The molecule has 0 spiro atoms. The molecular formula is C9H15N3. The average molecular weight is 165 g/mol. The zero-order chi connectivity index (χ0) is 8.97. The van der Waals surface area contributed by atoms with Crippen LogP contribution < -0.4 is 5.32 Å². The van der Waals surface area contributed by atoms with Crippen LogP contribution >= 0.6 is 0 Å². The lowest BCUT2D eigenvalue weighted by molar-refractivity contribution is 0.441. The van der Waals surface area contributed by atoms with Gasteiger partial charge in [-0.1, -0.05) is 13.8 Å². The highest BCUT2D eigenvalue weighted by Crippen LogP contribution is 2.18. The van der Waals surface area contributed by atoms with Gasteiger partial charge in [0, 0.05) is 24.0 Å². The Morgan fingerprint density at radius 2 is 1.83 bits per heavy atom. The summed E-state index contributed by atoms with van der Waals surface area (Å²) in [5, 5.41) is 3.24. The standard InChI is InChI=1S/C9H15N3/c1-7(2)9(10-3)8-4-11-6-12-5-8/h4-7,9-10H,1-3H3. The predicted molar refractivity (Wildman–Crippen MR) is 48.7 cm³/mol. The lowest BCUT2D eigenvalue weighted by Gasteiger charge is -2.19. The van der Waals surface area contributed by atoms with Gasteiger partial charge in [0.2, 0.25) is 0 Å². The fourth-order valence-corrected chi connectivity index (χ4v) is 1.36. The van der Waals surface area contributed by atoms with Crippen molar-refractivity contribution >= 4 is 0 Å². The van der Waals surface area contributed by atoms with Crippen LogP contribution in [0.25, 0.3) is 0 Å². The van der Waals surface area contributed by atoms with Crippen LogP contribution in [-0.2, 0) is 0 Å². The quantitative estimate of drug-likeness (QED) is 0.735. The molecule has 0 saturated carbocycles. The maximum absolute atomic E-state index is 3.98. The van der Waals surface area contributed by atoms with Crippen molar-refractivity contribution in [3.63, 3.8) is 0 Å². The summed E-state index contributed by atoms with van der Waals surface area (Å²) < 4.78 is 0. The second-order valence-electron chi connectivity index (χ2n) is 3.18. The van der Waals surface area contributed by atoms with Crippen LogP contribution in [0.3, 0.4) is 0 Å². The first-order chi connectivity index (χ1) is 5.75. The van der Waals surface area contributed by atoms with E-state index >= 15 is 0 Å². The molecule has 12 heavy (non-hydrogen) atoms. The Kier molecular flexibility index (Phi) is 3.17. The van der Waals surface area contributed by atoms with Gasteiger partial charge >= 0.3 is 0 Å². The van der Waals surface area contributed by atoms with Crippen molar-refractivity contribution in [1.82, 2.24) is 15.3 Å². The lowest BCUT2D eigenvalue weighted by Crippen LogP contribution is -2.21. The van der Waals surface area contributed by atoms with Crippen molar-refractivity contribution in [3.8, 4) is 0 Å². The Labute approximate surface area is 73.2 Å². The molecule has 1 aromatic rings. The molecule has 1 atom stereocenters. The zero-order valence-corrected chi connectivity index (χ0v) is 7.78. The monoisotopic (exact) mass is 165 g/mol. The Morgan fingerprint density at radius 3 is 2.25 bits per heavy atom. The SMILES string of the molecule is CNC(c1cncnc1)C(C)C. The lowest BCUT2D eigenvalue weighted by atomic mass is 9.99. The van der Waals surface area contributed by atoms with E-state index in [1.807, 2.05) is 19.4 Å². The van der Waals surface area contributed by atoms with Gasteiger partial charge in [0.05, 0.1) is 0 Å². The smallest absolute Gasteiger partial charge is 0.115 e. The Hall–Kier alpha value is -0.960. The number of hydrogen-bond donors (Lipinski definition) is 1. The Morgan fingerprint density at radius 1 is 1.25 bits per heavy atom. The summed E-state index contributed by atoms with van der Waals surface area (Å²) in [5.74, 6) is 0.556. The van der Waals surface area contributed by atoms with Crippen LogP contribution in [0.4, 0.5) is 0 Å². The van der Waals surface area contributed by atoms with Gasteiger partial charge < -0.3 is 5.32 Å². The van der Waals surface area contributed by atoms with Gasteiger partial charge in [-0.3, -0.25) is 0 Å². The summed E-state index contributed by atoms with van der Waals surface area (Å²) in [5.41, 5.74) is 1.15. The molecule has 1 heterocycles. The van der Waals surface area contributed by atoms with E-state index in [9.17, 15) is 0 Å². The molecule has 0 bridgehead atoms. The summed E-state index contributed by atoms with van der Waals surface area (Å²) in [6, 6.07) is 0.353. The van der Waals surface area contributed by atoms with Crippen LogP contribution in [0.1, 0.15) is 25.5 Å². The molecule has 1 unspecified atom stereocenters. The minimum absolute atomic E-state index is 0.353. The molecule has 66 valence electrons. The molecule has 0 saturated heterocycles. The number of rotatable bonds is 3. The van der Waals surface area contributed by atoms with Gasteiger partial charge in [0.25, 0.3) is 0 Å². The molecule has 0 amide bonds. The van der Waals surface area contributed by atoms with Crippen LogP contribution in [0, 0.1) is 5.92 Å². The normalized spacial score (nSPS) is 13.3. The highest BCUT2D eigenvalue weighted by molar-refractivity contribution is 5.09. The summed E-state index contributed by atoms with van der Waals surface area (Å²) in [6.07, 6.45) is 5.26. The fourth-order valence-electron chi connectivity index (χ4n) is 1.36. The predicted octanol–water partition coefficient (Wildman–Crippen LogP) is 1.39. The third-order valence-corrected chi connectivity index (χ3v) is 1.92. The van der Waals surface area contributed by atoms with E-state index in [1.54, 1.807) is 6.33 Å². The van der Waals surface area contributed by atoms with E-state index in [0.717, 1.165) is 5.56 Å². The highest BCUT2D eigenvalue weighted by atomic mass is 14.9. The molecule has 0 aliphatic rings. The van der Waals surface area contributed by atoms with Crippen molar-refractivity contribution in [2.45, 2.75) is 19.9 Å². The van der Waals surface area contributed by atoms with E-state index in [4.69, 9.17) is 0 Å². The van der Waals surface area contributed by atoms with Crippen LogP contribution in [0.15, 0.2) is 18.7 Å². The fraction of sp³-hybridized carbons (Fsp3) is 0.556. The van der Waals surface area contributed by atoms with Gasteiger partial charge in [-0.25, -0.2) is 9.97 Å². The first-order valence-electron chi connectivity index (χ1n) is 4.18. The minimum Gasteiger partial charge on any atom is -0.313 e. The van der Waals surface area contributed by atoms with Crippen LogP contribution in [0.2, 0.25) is 0 Å². The molecule has 3 nitrogen and oxygen atoms in total. The molecule has 0 aromatic carbocycles. The van der Waals surface area contributed by atoms with Crippen LogP contribution in [-0.4, -0.2) is 17.0 Å². The van der Waals surface area contributed by atoms with Crippen molar-refractivity contribution in [2.24, 2.45) is 5.92 Å². The molecule has 1 N–H and O–H groups in total. The summed E-state index contributed by atoms with van der Waals surface area (Å²) in [7, 11) is 1.96. The average Bonchev–Trinajstić information content (AvgIpc) is 2.07. The van der Waals surface area contributed by atoms with E-state index in [0.29, 0.717) is 12.0 Å². The molecule has 3 heteroatoms. The second kappa shape index (κ2) is 4.16. The molecule has 0 aliphatic heterocycles. The van der Waals surface area contributed by atoms with E-state index in [-0.39, 0.29) is 0 Å². The maximum Gasteiger partial charge on any atom is 0.115 e. The van der Waals surface area contributed by atoms with E-state index < -0.39 is 0 Å². The van der Waals surface area contributed by atoms with Crippen molar-refractivity contribution in [2.75, 3.05) is 7.05 Å². The van der Waals surface area contributed by atoms with Crippen molar-refractivity contribution < 1.29 is 0 Å². The van der Waals surface area contributed by atoms with Crippen LogP contribution in [0.5, 0.6) is 0 Å². The van der Waals surface area contributed by atoms with E-state index in [2.05, 4.69) is 29.1 Å². The van der Waals surface area contributed by atoms with Gasteiger partial charge in [0.15, 0.2) is 0 Å². The molecular weight excluding hydrogens is 150 g/mol. The Bertz CT molecular complexity index is 220. The van der Waals surface area contributed by atoms with E-state index in [1.165, 1.54) is 0 Å². The van der Waals surface area contributed by atoms with Gasteiger partial charge in [-0.2, -0.15) is 0 Å². The number of aromatic nitrogens is 2. The third kappa shape index (κ3) is 2.01. The summed E-state index contributed by atoms with van der Waals surface area (Å²) in [4.78, 5) is 7.97.